The van der Waals surface area contributed by atoms with Crippen LogP contribution in [0.3, 0.4) is 0 Å². The van der Waals surface area contributed by atoms with Gasteiger partial charge in [0.15, 0.2) is 0 Å². The topological polar surface area (TPSA) is 42.3 Å². The molecule has 4 rings (SSSR count). The van der Waals surface area contributed by atoms with Gasteiger partial charge < -0.3 is 15.1 Å². The van der Waals surface area contributed by atoms with Gasteiger partial charge in [0, 0.05) is 44.5 Å². The van der Waals surface area contributed by atoms with Crippen molar-refractivity contribution in [3.05, 3.63) is 64.7 Å². The van der Waals surface area contributed by atoms with Crippen molar-refractivity contribution < 1.29 is 0 Å². The summed E-state index contributed by atoms with van der Waals surface area (Å²) in [6.07, 6.45) is 7.37. The Hall–Kier alpha value is -2.35. The highest BCUT2D eigenvalue weighted by Crippen LogP contribution is 2.27. The zero-order valence-electron chi connectivity index (χ0n) is 20.5. The predicted molar refractivity (Wildman–Crippen MR) is 138 cm³/mol. The number of hydrogen-bond acceptors (Lipinski definition) is 4. The highest BCUT2D eigenvalue weighted by molar-refractivity contribution is 5.53. The summed E-state index contributed by atoms with van der Waals surface area (Å²) in [5.74, 6) is 0.603. The van der Waals surface area contributed by atoms with Gasteiger partial charge in [-0.3, -0.25) is 0 Å². The second-order valence-electron chi connectivity index (χ2n) is 9.94. The summed E-state index contributed by atoms with van der Waals surface area (Å²) >= 11 is 0. The van der Waals surface area contributed by atoms with Crippen LogP contribution in [-0.2, 0) is 6.42 Å². The van der Waals surface area contributed by atoms with Crippen LogP contribution < -0.4 is 5.32 Å². The fraction of sp³-hybridized carbons (Fsp3) is 0.552. The number of rotatable bonds is 9. The summed E-state index contributed by atoms with van der Waals surface area (Å²) in [7, 11) is 0. The van der Waals surface area contributed by atoms with E-state index in [9.17, 15) is 5.26 Å². The molecule has 0 saturated carbocycles. The van der Waals surface area contributed by atoms with Gasteiger partial charge >= 0.3 is 0 Å². The van der Waals surface area contributed by atoms with E-state index in [2.05, 4.69) is 71.4 Å². The molecule has 2 unspecified atom stereocenters. The molecule has 0 radical (unpaired) electrons. The second kappa shape index (κ2) is 11.7. The number of para-hydroxylation sites is 1. The number of piperazine rings is 1. The summed E-state index contributed by atoms with van der Waals surface area (Å²) in [5, 5.41) is 12.9. The monoisotopic (exact) mass is 444 g/mol. The van der Waals surface area contributed by atoms with Gasteiger partial charge in [0.1, 0.15) is 0 Å². The molecule has 0 bridgehead atoms. The van der Waals surface area contributed by atoms with Crippen LogP contribution in [0, 0.1) is 18.3 Å². The summed E-state index contributed by atoms with van der Waals surface area (Å²) < 4.78 is 0. The zero-order valence-corrected chi connectivity index (χ0v) is 20.5. The first-order chi connectivity index (χ1) is 16.2. The average molecular weight is 445 g/mol. The molecule has 2 atom stereocenters. The largest absolute Gasteiger partial charge is 0.382 e. The van der Waals surface area contributed by atoms with Crippen LogP contribution in [-0.4, -0.2) is 55.1 Å². The Balaban J connectivity index is 1.14. The Morgan fingerprint density at radius 3 is 2.55 bits per heavy atom. The lowest BCUT2D eigenvalue weighted by Crippen LogP contribution is -2.47. The normalized spacial score (nSPS) is 20.0. The average Bonchev–Trinajstić information content (AvgIpc) is 2.86. The molecule has 2 aromatic rings. The molecule has 0 amide bonds. The maximum atomic E-state index is 9.18. The number of nitriles is 1. The van der Waals surface area contributed by atoms with E-state index in [1.165, 1.54) is 94.6 Å². The Labute approximate surface area is 200 Å². The van der Waals surface area contributed by atoms with Gasteiger partial charge in [-0.05, 0) is 86.7 Å². The quantitative estimate of drug-likeness (QED) is 0.549. The van der Waals surface area contributed by atoms with Gasteiger partial charge in [-0.2, -0.15) is 5.26 Å². The molecule has 176 valence electrons. The number of nitrogens with one attached hydrogen (secondary N) is 1. The molecule has 2 aromatic carbocycles. The van der Waals surface area contributed by atoms with Crippen molar-refractivity contribution in [1.29, 1.82) is 5.26 Å². The molecule has 4 nitrogen and oxygen atoms in total. The van der Waals surface area contributed by atoms with Gasteiger partial charge in [-0.15, -0.1) is 0 Å². The molecule has 1 N–H and O–H groups in total. The van der Waals surface area contributed by atoms with E-state index in [1.807, 2.05) is 6.07 Å². The van der Waals surface area contributed by atoms with Crippen molar-refractivity contribution in [2.24, 2.45) is 0 Å². The second-order valence-corrected chi connectivity index (χ2v) is 9.94. The lowest BCUT2D eigenvalue weighted by atomic mass is 9.90. The van der Waals surface area contributed by atoms with E-state index in [4.69, 9.17) is 0 Å². The minimum Gasteiger partial charge on any atom is -0.382 e. The standard InChI is InChI=1S/C29H40N4/c1-3-24(26-10-11-27(22-30)23(2)21-26)8-6-15-32-17-19-33(20-18-32)16-14-28-13-12-25-7-4-5-9-29(25)31-28/h4-5,7,9-11,21,24,28,31H,3,6,8,12-20H2,1-2H3. The van der Waals surface area contributed by atoms with Crippen LogP contribution in [0.4, 0.5) is 5.69 Å². The SMILES string of the molecule is CCC(CCCN1CCN(CCC2CCc3ccccc3N2)CC1)c1ccc(C#N)c(C)c1. The molecule has 0 spiro atoms. The third-order valence-electron chi connectivity index (χ3n) is 7.76. The molecule has 2 aliphatic rings. The number of benzene rings is 2. The van der Waals surface area contributed by atoms with E-state index in [0.717, 1.165) is 11.1 Å². The molecule has 1 fully saturated rings. The summed E-state index contributed by atoms with van der Waals surface area (Å²) in [6, 6.07) is 18.1. The van der Waals surface area contributed by atoms with Crippen molar-refractivity contribution in [1.82, 2.24) is 9.80 Å². The van der Waals surface area contributed by atoms with Crippen LogP contribution in [0.25, 0.3) is 0 Å². The van der Waals surface area contributed by atoms with Gasteiger partial charge in [0.05, 0.1) is 11.6 Å². The first-order valence-corrected chi connectivity index (χ1v) is 13.0. The Kier molecular flexibility index (Phi) is 8.42. The van der Waals surface area contributed by atoms with Crippen LogP contribution in [0.15, 0.2) is 42.5 Å². The number of nitrogens with zero attached hydrogens (tertiary/aromatic N) is 3. The summed E-state index contributed by atoms with van der Waals surface area (Å²) in [4.78, 5) is 5.31. The van der Waals surface area contributed by atoms with Crippen LogP contribution in [0.1, 0.15) is 67.2 Å². The number of anilines is 1. The minimum atomic E-state index is 0.603. The van der Waals surface area contributed by atoms with Crippen molar-refractivity contribution in [3.63, 3.8) is 0 Å². The highest BCUT2D eigenvalue weighted by Gasteiger charge is 2.21. The molecular formula is C29H40N4. The lowest BCUT2D eigenvalue weighted by Gasteiger charge is -2.36. The highest BCUT2D eigenvalue weighted by atomic mass is 15.3. The smallest absolute Gasteiger partial charge is 0.0994 e. The van der Waals surface area contributed by atoms with Crippen molar-refractivity contribution in [2.45, 2.75) is 64.3 Å². The fourth-order valence-electron chi connectivity index (χ4n) is 5.53. The molecule has 2 heterocycles. The van der Waals surface area contributed by atoms with Gasteiger partial charge in [0.2, 0.25) is 0 Å². The van der Waals surface area contributed by atoms with Crippen molar-refractivity contribution in [2.75, 3.05) is 44.6 Å². The Morgan fingerprint density at radius 1 is 1.06 bits per heavy atom. The third kappa shape index (κ3) is 6.37. The zero-order chi connectivity index (χ0) is 23.0. The first-order valence-electron chi connectivity index (χ1n) is 13.0. The van der Waals surface area contributed by atoms with Crippen molar-refractivity contribution >= 4 is 5.69 Å². The maximum absolute atomic E-state index is 9.18. The third-order valence-corrected chi connectivity index (χ3v) is 7.76. The molecule has 0 aromatic heterocycles. The van der Waals surface area contributed by atoms with E-state index >= 15 is 0 Å². The van der Waals surface area contributed by atoms with Crippen LogP contribution in [0.5, 0.6) is 0 Å². The minimum absolute atomic E-state index is 0.603. The molecule has 1 saturated heterocycles. The van der Waals surface area contributed by atoms with Gasteiger partial charge in [-0.25, -0.2) is 0 Å². The molecule has 4 heteroatoms. The van der Waals surface area contributed by atoms with Crippen LogP contribution >= 0.6 is 0 Å². The van der Waals surface area contributed by atoms with Gasteiger partial charge in [-0.1, -0.05) is 37.3 Å². The van der Waals surface area contributed by atoms with E-state index < -0.39 is 0 Å². The van der Waals surface area contributed by atoms with Crippen LogP contribution in [0.2, 0.25) is 0 Å². The molecule has 2 aliphatic heterocycles. The predicted octanol–water partition coefficient (Wildman–Crippen LogP) is 5.58. The number of aryl methyl sites for hydroxylation is 2. The van der Waals surface area contributed by atoms with Crippen molar-refractivity contribution in [3.8, 4) is 6.07 Å². The summed E-state index contributed by atoms with van der Waals surface area (Å²) in [6.45, 7) is 11.6. The number of fused-ring (bicyclic) bond motifs is 1. The van der Waals surface area contributed by atoms with Gasteiger partial charge in [0.25, 0.3) is 0 Å². The lowest BCUT2D eigenvalue weighted by molar-refractivity contribution is 0.127. The Morgan fingerprint density at radius 2 is 1.82 bits per heavy atom. The summed E-state index contributed by atoms with van der Waals surface area (Å²) in [5.41, 5.74) is 6.13. The van der Waals surface area contributed by atoms with E-state index in [1.54, 1.807) is 0 Å². The maximum Gasteiger partial charge on any atom is 0.0994 e. The molecule has 0 aliphatic carbocycles. The first kappa shape index (κ1) is 23.8. The fourth-order valence-corrected chi connectivity index (χ4v) is 5.53. The number of hydrogen-bond donors (Lipinski definition) is 1. The van der Waals surface area contributed by atoms with E-state index in [0.29, 0.717) is 12.0 Å². The Bertz CT molecular complexity index is 939. The van der Waals surface area contributed by atoms with E-state index in [-0.39, 0.29) is 0 Å². The molecular weight excluding hydrogens is 404 g/mol. The molecule has 33 heavy (non-hydrogen) atoms.